The molecule has 0 aliphatic heterocycles. The number of nitrogens with two attached hydrogens (primary N) is 1. The van der Waals surface area contributed by atoms with Crippen LogP contribution in [-0.2, 0) is 11.3 Å². The van der Waals surface area contributed by atoms with Crippen LogP contribution in [0.3, 0.4) is 0 Å². The number of aromatic nitrogens is 3. The average molecular weight is 223 g/mol. The van der Waals surface area contributed by atoms with Crippen molar-refractivity contribution < 1.29 is 4.79 Å². The smallest absolute Gasteiger partial charge is 0.244 e. The second kappa shape index (κ2) is 4.61. The fourth-order valence-electron chi connectivity index (χ4n) is 1.90. The van der Waals surface area contributed by atoms with Crippen LogP contribution in [0.1, 0.15) is 12.8 Å². The lowest BCUT2D eigenvalue weighted by molar-refractivity contribution is -0.133. The standard InChI is InChI=1S/C10H17N5O/c1-14(9(4-11)8-2-3-8)10(16)5-15-7-12-6-13-15/h6-9H,2-5,11H2,1H3. The molecule has 0 aromatic carbocycles. The molecule has 0 radical (unpaired) electrons. The summed E-state index contributed by atoms with van der Waals surface area (Å²) in [5.74, 6) is 0.627. The van der Waals surface area contributed by atoms with Crippen molar-refractivity contribution in [3.8, 4) is 0 Å². The van der Waals surface area contributed by atoms with Crippen molar-refractivity contribution in [3.63, 3.8) is 0 Å². The minimum atomic E-state index is 0.0350. The zero-order valence-corrected chi connectivity index (χ0v) is 9.41. The van der Waals surface area contributed by atoms with Gasteiger partial charge in [0.05, 0.1) is 0 Å². The Kier molecular flexibility index (Phi) is 3.19. The summed E-state index contributed by atoms with van der Waals surface area (Å²) < 4.78 is 1.53. The molecule has 1 fully saturated rings. The molecule has 88 valence electrons. The lowest BCUT2D eigenvalue weighted by atomic mass is 10.1. The van der Waals surface area contributed by atoms with Crippen LogP contribution in [0.5, 0.6) is 0 Å². The summed E-state index contributed by atoms with van der Waals surface area (Å²) in [5, 5.41) is 3.91. The molecule has 1 aliphatic carbocycles. The van der Waals surface area contributed by atoms with Gasteiger partial charge in [0.15, 0.2) is 0 Å². The summed E-state index contributed by atoms with van der Waals surface area (Å²) in [7, 11) is 1.81. The molecule has 1 heterocycles. The third-order valence-corrected chi connectivity index (χ3v) is 3.06. The van der Waals surface area contributed by atoms with E-state index in [1.807, 2.05) is 7.05 Å². The van der Waals surface area contributed by atoms with Gasteiger partial charge in [-0.25, -0.2) is 9.67 Å². The fraction of sp³-hybridized carbons (Fsp3) is 0.700. The SMILES string of the molecule is CN(C(=O)Cn1cncn1)C(CN)C1CC1. The summed E-state index contributed by atoms with van der Waals surface area (Å²) >= 11 is 0. The van der Waals surface area contributed by atoms with Crippen molar-refractivity contribution in [2.75, 3.05) is 13.6 Å². The lowest BCUT2D eigenvalue weighted by Gasteiger charge is -2.27. The number of hydrogen-bond acceptors (Lipinski definition) is 4. The number of likely N-dealkylation sites (N-methyl/N-ethyl adjacent to an activating group) is 1. The zero-order valence-electron chi connectivity index (χ0n) is 9.41. The van der Waals surface area contributed by atoms with Crippen LogP contribution in [0, 0.1) is 5.92 Å². The molecule has 6 heteroatoms. The molecule has 0 bridgehead atoms. The van der Waals surface area contributed by atoms with Gasteiger partial charge in [0.2, 0.25) is 5.91 Å². The molecule has 1 saturated carbocycles. The lowest BCUT2D eigenvalue weighted by Crippen LogP contribution is -2.44. The molecule has 1 amide bonds. The predicted molar refractivity (Wildman–Crippen MR) is 58.4 cm³/mol. The third-order valence-electron chi connectivity index (χ3n) is 3.06. The van der Waals surface area contributed by atoms with Gasteiger partial charge in [0.1, 0.15) is 19.2 Å². The van der Waals surface area contributed by atoms with Gasteiger partial charge in [-0.3, -0.25) is 4.79 Å². The maximum absolute atomic E-state index is 11.9. The first-order valence-electron chi connectivity index (χ1n) is 5.50. The van der Waals surface area contributed by atoms with E-state index in [1.165, 1.54) is 23.9 Å². The maximum Gasteiger partial charge on any atom is 0.244 e. The summed E-state index contributed by atoms with van der Waals surface area (Å²) in [4.78, 5) is 17.5. The van der Waals surface area contributed by atoms with Crippen molar-refractivity contribution in [3.05, 3.63) is 12.7 Å². The van der Waals surface area contributed by atoms with E-state index in [0.29, 0.717) is 12.5 Å². The summed E-state index contributed by atoms with van der Waals surface area (Å²) in [6.45, 7) is 0.768. The van der Waals surface area contributed by atoms with Gasteiger partial charge in [-0.1, -0.05) is 0 Å². The monoisotopic (exact) mass is 223 g/mol. The number of hydrogen-bond donors (Lipinski definition) is 1. The van der Waals surface area contributed by atoms with Gasteiger partial charge in [0.25, 0.3) is 0 Å². The Morgan fingerprint density at radius 1 is 1.69 bits per heavy atom. The molecule has 1 aromatic heterocycles. The molecule has 0 saturated heterocycles. The predicted octanol–water partition coefficient (Wildman–Crippen LogP) is -0.526. The molecule has 1 aliphatic rings. The zero-order chi connectivity index (χ0) is 11.5. The summed E-state index contributed by atoms with van der Waals surface area (Å²) in [5.41, 5.74) is 5.70. The second-order valence-corrected chi connectivity index (χ2v) is 4.24. The Bertz CT molecular complexity index is 346. The molecular weight excluding hydrogens is 206 g/mol. The normalized spacial score (nSPS) is 17.1. The number of nitrogens with zero attached hydrogens (tertiary/aromatic N) is 4. The fourth-order valence-corrected chi connectivity index (χ4v) is 1.90. The molecule has 2 N–H and O–H groups in total. The van der Waals surface area contributed by atoms with Crippen molar-refractivity contribution in [2.24, 2.45) is 11.7 Å². The first kappa shape index (κ1) is 11.1. The van der Waals surface area contributed by atoms with E-state index in [9.17, 15) is 4.79 Å². The van der Waals surface area contributed by atoms with Gasteiger partial charge < -0.3 is 10.6 Å². The van der Waals surface area contributed by atoms with E-state index in [2.05, 4.69) is 10.1 Å². The largest absolute Gasteiger partial charge is 0.340 e. The molecule has 1 aromatic rings. The topological polar surface area (TPSA) is 77.0 Å². The number of carbonyl (C=O) groups excluding carboxylic acids is 1. The Morgan fingerprint density at radius 2 is 2.44 bits per heavy atom. The van der Waals surface area contributed by atoms with Crippen LogP contribution >= 0.6 is 0 Å². The van der Waals surface area contributed by atoms with Crippen LogP contribution in [0.2, 0.25) is 0 Å². The van der Waals surface area contributed by atoms with Gasteiger partial charge >= 0.3 is 0 Å². The quantitative estimate of drug-likeness (QED) is 0.728. The van der Waals surface area contributed by atoms with Gasteiger partial charge in [-0.2, -0.15) is 5.10 Å². The molecule has 16 heavy (non-hydrogen) atoms. The Morgan fingerprint density at radius 3 is 2.94 bits per heavy atom. The van der Waals surface area contributed by atoms with Crippen molar-refractivity contribution in [1.82, 2.24) is 19.7 Å². The summed E-state index contributed by atoms with van der Waals surface area (Å²) in [6.07, 6.45) is 5.33. The maximum atomic E-state index is 11.9. The van der Waals surface area contributed by atoms with E-state index in [-0.39, 0.29) is 18.5 Å². The van der Waals surface area contributed by atoms with Crippen LogP contribution in [0.25, 0.3) is 0 Å². The van der Waals surface area contributed by atoms with Crippen LogP contribution in [-0.4, -0.2) is 45.2 Å². The van der Waals surface area contributed by atoms with Crippen LogP contribution in [0.4, 0.5) is 0 Å². The van der Waals surface area contributed by atoms with Crippen LogP contribution in [0.15, 0.2) is 12.7 Å². The molecule has 6 nitrogen and oxygen atoms in total. The molecule has 1 atom stereocenters. The Hall–Kier alpha value is -1.43. The van der Waals surface area contributed by atoms with Crippen molar-refractivity contribution >= 4 is 5.91 Å². The van der Waals surface area contributed by atoms with E-state index < -0.39 is 0 Å². The van der Waals surface area contributed by atoms with E-state index in [1.54, 1.807) is 11.2 Å². The highest BCUT2D eigenvalue weighted by molar-refractivity contribution is 5.76. The molecular formula is C10H17N5O. The average Bonchev–Trinajstić information content (AvgIpc) is 2.97. The minimum absolute atomic E-state index is 0.0350. The first-order chi connectivity index (χ1) is 7.72. The first-order valence-corrected chi connectivity index (χ1v) is 5.50. The third kappa shape index (κ3) is 2.38. The highest BCUT2D eigenvalue weighted by Gasteiger charge is 2.34. The highest BCUT2D eigenvalue weighted by Crippen LogP contribution is 2.34. The van der Waals surface area contributed by atoms with Gasteiger partial charge in [0, 0.05) is 19.6 Å². The van der Waals surface area contributed by atoms with Gasteiger partial charge in [-0.15, -0.1) is 0 Å². The summed E-state index contributed by atoms with van der Waals surface area (Å²) in [6, 6.07) is 0.177. The second-order valence-electron chi connectivity index (χ2n) is 4.24. The van der Waals surface area contributed by atoms with Gasteiger partial charge in [-0.05, 0) is 18.8 Å². The highest BCUT2D eigenvalue weighted by atomic mass is 16.2. The van der Waals surface area contributed by atoms with Crippen molar-refractivity contribution in [1.29, 1.82) is 0 Å². The van der Waals surface area contributed by atoms with E-state index >= 15 is 0 Å². The van der Waals surface area contributed by atoms with E-state index in [0.717, 1.165) is 0 Å². The molecule has 2 rings (SSSR count). The van der Waals surface area contributed by atoms with Crippen LogP contribution < -0.4 is 5.73 Å². The molecule has 0 spiro atoms. The Labute approximate surface area is 94.4 Å². The molecule has 1 unspecified atom stereocenters. The Balaban J connectivity index is 1.92. The minimum Gasteiger partial charge on any atom is -0.340 e. The number of rotatable bonds is 5. The van der Waals surface area contributed by atoms with Crippen molar-refractivity contribution in [2.45, 2.75) is 25.4 Å². The number of carbonyl (C=O) groups is 1. The number of amides is 1. The van der Waals surface area contributed by atoms with E-state index in [4.69, 9.17) is 5.73 Å².